The van der Waals surface area contributed by atoms with Gasteiger partial charge in [-0.15, -0.1) is 0 Å². The van der Waals surface area contributed by atoms with E-state index in [1.54, 1.807) is 0 Å². The minimum Gasteiger partial charge on any atom is -0.328 e. The lowest BCUT2D eigenvalue weighted by atomic mass is 9.85. The van der Waals surface area contributed by atoms with E-state index in [1.165, 1.54) is 6.26 Å². The van der Waals surface area contributed by atoms with Crippen molar-refractivity contribution in [3.8, 4) is 0 Å². The summed E-state index contributed by atoms with van der Waals surface area (Å²) in [4.78, 5) is 0. The summed E-state index contributed by atoms with van der Waals surface area (Å²) in [6.07, 6.45) is 6.53. The van der Waals surface area contributed by atoms with Gasteiger partial charge in [-0.05, 0) is 25.2 Å². The number of nitrogens with two attached hydrogens (primary N) is 1. The van der Waals surface area contributed by atoms with Crippen LogP contribution >= 0.6 is 0 Å². The molecular formula is C9H19NO2S. The van der Waals surface area contributed by atoms with Gasteiger partial charge in [-0.1, -0.05) is 12.8 Å². The fraction of sp³-hybridized carbons (Fsp3) is 1.00. The Morgan fingerprint density at radius 3 is 2.62 bits per heavy atom. The Hall–Kier alpha value is -0.0900. The molecule has 1 fully saturated rings. The molecule has 0 radical (unpaired) electrons. The number of hydrogen-bond acceptors (Lipinski definition) is 3. The molecule has 2 N–H and O–H groups in total. The average Bonchev–Trinajstić information content (AvgIpc) is 2.00. The minimum atomic E-state index is -2.78. The Morgan fingerprint density at radius 1 is 1.38 bits per heavy atom. The summed E-state index contributed by atoms with van der Waals surface area (Å²) >= 11 is 0. The molecule has 2 atom stereocenters. The van der Waals surface area contributed by atoms with Gasteiger partial charge in [0, 0.05) is 12.3 Å². The molecule has 1 rings (SSSR count). The lowest BCUT2D eigenvalue weighted by Crippen LogP contribution is -2.28. The van der Waals surface area contributed by atoms with Crippen LogP contribution in [0, 0.1) is 5.92 Å². The van der Waals surface area contributed by atoms with Crippen molar-refractivity contribution in [2.45, 2.75) is 38.1 Å². The fourth-order valence-corrected chi connectivity index (χ4v) is 2.74. The van der Waals surface area contributed by atoms with E-state index in [0.29, 0.717) is 17.7 Å². The molecule has 0 aromatic heterocycles. The van der Waals surface area contributed by atoms with Crippen molar-refractivity contribution in [1.29, 1.82) is 0 Å². The monoisotopic (exact) mass is 205 g/mol. The highest BCUT2D eigenvalue weighted by Gasteiger charge is 2.20. The zero-order chi connectivity index (χ0) is 9.90. The van der Waals surface area contributed by atoms with E-state index in [-0.39, 0.29) is 0 Å². The van der Waals surface area contributed by atoms with E-state index in [4.69, 9.17) is 5.73 Å². The first-order valence-electron chi connectivity index (χ1n) is 4.90. The number of rotatable bonds is 3. The molecule has 13 heavy (non-hydrogen) atoms. The second-order valence-electron chi connectivity index (χ2n) is 4.21. The number of sulfone groups is 1. The normalized spacial score (nSPS) is 30.3. The van der Waals surface area contributed by atoms with Crippen molar-refractivity contribution >= 4 is 9.84 Å². The predicted molar refractivity (Wildman–Crippen MR) is 54.3 cm³/mol. The van der Waals surface area contributed by atoms with Crippen molar-refractivity contribution in [2.75, 3.05) is 12.0 Å². The van der Waals surface area contributed by atoms with Crippen LogP contribution in [-0.2, 0) is 9.84 Å². The highest BCUT2D eigenvalue weighted by atomic mass is 32.2. The quantitative estimate of drug-likeness (QED) is 0.746. The molecule has 0 aromatic carbocycles. The molecule has 4 heteroatoms. The fourth-order valence-electron chi connectivity index (χ4n) is 1.98. The summed E-state index contributed by atoms with van der Waals surface area (Å²) in [5.74, 6) is 0.864. The topological polar surface area (TPSA) is 60.2 Å². The Bertz CT molecular complexity index is 248. The third-order valence-electron chi connectivity index (χ3n) is 2.72. The van der Waals surface area contributed by atoms with Gasteiger partial charge >= 0.3 is 0 Å². The van der Waals surface area contributed by atoms with Crippen LogP contribution in [-0.4, -0.2) is 26.5 Å². The van der Waals surface area contributed by atoms with Crippen LogP contribution in [0.3, 0.4) is 0 Å². The molecule has 3 nitrogen and oxygen atoms in total. The SMILES string of the molecule is CS(=O)(=O)CCC1CCCC(N)C1. The molecule has 1 aliphatic rings. The molecule has 0 spiro atoms. The van der Waals surface area contributed by atoms with Crippen LogP contribution in [0.1, 0.15) is 32.1 Å². The third-order valence-corrected chi connectivity index (χ3v) is 3.70. The van der Waals surface area contributed by atoms with E-state index in [0.717, 1.165) is 32.1 Å². The van der Waals surface area contributed by atoms with E-state index in [2.05, 4.69) is 0 Å². The first kappa shape index (κ1) is 11.0. The second-order valence-corrected chi connectivity index (χ2v) is 6.47. The smallest absolute Gasteiger partial charge is 0.147 e. The van der Waals surface area contributed by atoms with Crippen LogP contribution in [0.2, 0.25) is 0 Å². The molecule has 0 aliphatic heterocycles. The van der Waals surface area contributed by atoms with E-state index in [1.807, 2.05) is 0 Å². The van der Waals surface area contributed by atoms with Gasteiger partial charge in [-0.2, -0.15) is 0 Å². The highest BCUT2D eigenvalue weighted by molar-refractivity contribution is 7.90. The van der Waals surface area contributed by atoms with Gasteiger partial charge in [-0.3, -0.25) is 0 Å². The number of hydrogen-bond donors (Lipinski definition) is 1. The van der Waals surface area contributed by atoms with Gasteiger partial charge in [0.2, 0.25) is 0 Å². The molecule has 0 heterocycles. The van der Waals surface area contributed by atoms with Gasteiger partial charge in [0.05, 0.1) is 5.75 Å². The standard InChI is InChI=1S/C9H19NO2S/c1-13(11,12)6-5-8-3-2-4-9(10)7-8/h8-9H,2-7,10H2,1H3. The molecule has 0 aromatic rings. The maximum atomic E-state index is 10.9. The minimum absolute atomic E-state index is 0.304. The molecule has 0 amide bonds. The molecule has 2 unspecified atom stereocenters. The van der Waals surface area contributed by atoms with Gasteiger partial charge in [0.25, 0.3) is 0 Å². The van der Waals surface area contributed by atoms with Crippen molar-refractivity contribution in [2.24, 2.45) is 11.7 Å². The summed E-state index contributed by atoms with van der Waals surface area (Å²) in [6.45, 7) is 0. The summed E-state index contributed by atoms with van der Waals surface area (Å²) in [5, 5.41) is 0. The first-order chi connectivity index (χ1) is 5.97. The Labute approximate surface area is 80.6 Å². The van der Waals surface area contributed by atoms with Crippen LogP contribution < -0.4 is 5.73 Å². The van der Waals surface area contributed by atoms with Crippen LogP contribution in [0.25, 0.3) is 0 Å². The molecule has 1 aliphatic carbocycles. The molecule has 78 valence electrons. The zero-order valence-corrected chi connectivity index (χ0v) is 9.02. The third kappa shape index (κ3) is 4.62. The van der Waals surface area contributed by atoms with Gasteiger partial charge in [0.15, 0.2) is 0 Å². The van der Waals surface area contributed by atoms with Gasteiger partial charge < -0.3 is 5.73 Å². The Morgan fingerprint density at radius 2 is 2.08 bits per heavy atom. The Balaban J connectivity index is 2.29. The maximum absolute atomic E-state index is 10.9. The lowest BCUT2D eigenvalue weighted by Gasteiger charge is -2.26. The zero-order valence-electron chi connectivity index (χ0n) is 8.20. The maximum Gasteiger partial charge on any atom is 0.147 e. The van der Waals surface area contributed by atoms with Gasteiger partial charge in [-0.25, -0.2) is 8.42 Å². The average molecular weight is 205 g/mol. The Kier molecular flexibility index (Phi) is 3.74. The summed E-state index contributed by atoms with van der Waals surface area (Å²) in [5.41, 5.74) is 5.82. The van der Waals surface area contributed by atoms with E-state index >= 15 is 0 Å². The van der Waals surface area contributed by atoms with Crippen molar-refractivity contribution in [3.63, 3.8) is 0 Å². The van der Waals surface area contributed by atoms with Crippen molar-refractivity contribution < 1.29 is 8.42 Å². The highest BCUT2D eigenvalue weighted by Crippen LogP contribution is 2.25. The molecule has 0 bridgehead atoms. The summed E-state index contributed by atoms with van der Waals surface area (Å²) < 4.78 is 21.8. The van der Waals surface area contributed by atoms with E-state index in [9.17, 15) is 8.42 Å². The van der Waals surface area contributed by atoms with Crippen molar-refractivity contribution in [3.05, 3.63) is 0 Å². The van der Waals surface area contributed by atoms with Crippen LogP contribution in [0.5, 0.6) is 0 Å². The van der Waals surface area contributed by atoms with Gasteiger partial charge in [0.1, 0.15) is 9.84 Å². The van der Waals surface area contributed by atoms with E-state index < -0.39 is 9.84 Å². The largest absolute Gasteiger partial charge is 0.328 e. The second kappa shape index (κ2) is 4.42. The van der Waals surface area contributed by atoms with Crippen molar-refractivity contribution in [1.82, 2.24) is 0 Å². The molecule has 1 saturated carbocycles. The van der Waals surface area contributed by atoms with Crippen LogP contribution in [0.4, 0.5) is 0 Å². The van der Waals surface area contributed by atoms with Crippen LogP contribution in [0.15, 0.2) is 0 Å². The predicted octanol–water partition coefficient (Wildman–Crippen LogP) is 0.939. The summed E-state index contributed by atoms with van der Waals surface area (Å²) in [7, 11) is -2.78. The first-order valence-corrected chi connectivity index (χ1v) is 6.97. The molecular weight excluding hydrogens is 186 g/mol. The lowest BCUT2D eigenvalue weighted by molar-refractivity contribution is 0.315. The summed E-state index contributed by atoms with van der Waals surface area (Å²) in [6, 6.07) is 0.304. The molecule has 0 saturated heterocycles.